The number of amides is 1. The number of thiazole rings is 1. The molecule has 0 saturated carbocycles. The predicted octanol–water partition coefficient (Wildman–Crippen LogP) is 3.82. The van der Waals surface area contributed by atoms with Gasteiger partial charge in [0.25, 0.3) is 10.2 Å². The van der Waals surface area contributed by atoms with Crippen LogP contribution in [-0.4, -0.2) is 36.7 Å². The van der Waals surface area contributed by atoms with Crippen LogP contribution in [-0.2, 0) is 15.0 Å². The van der Waals surface area contributed by atoms with Gasteiger partial charge in [-0.1, -0.05) is 41.9 Å². The van der Waals surface area contributed by atoms with Gasteiger partial charge in [0.1, 0.15) is 16.9 Å². The maximum Gasteiger partial charge on any atom is 0.280 e. The number of rotatable bonds is 4. The summed E-state index contributed by atoms with van der Waals surface area (Å²) in [4.78, 5) is 18.0. The molecule has 0 aliphatic carbocycles. The summed E-state index contributed by atoms with van der Waals surface area (Å²) in [6.07, 6.45) is 1.83. The lowest BCUT2D eigenvalue weighted by Crippen LogP contribution is -2.55. The molecule has 2 aromatic carbocycles. The maximum absolute atomic E-state index is 13.4. The zero-order valence-electron chi connectivity index (χ0n) is 16.2. The summed E-state index contributed by atoms with van der Waals surface area (Å²) >= 11 is 7.13. The highest BCUT2D eigenvalue weighted by molar-refractivity contribution is 7.87. The molecule has 1 aliphatic rings. The number of anilines is 1. The van der Waals surface area contributed by atoms with Crippen LogP contribution in [0.3, 0.4) is 0 Å². The number of halogens is 2. The number of benzene rings is 2. The molecule has 1 saturated heterocycles. The van der Waals surface area contributed by atoms with Crippen LogP contribution in [0.4, 0.5) is 10.1 Å². The van der Waals surface area contributed by atoms with Crippen LogP contribution in [0, 0.1) is 5.82 Å². The SMILES string of the molecule is CN1[C@H](C(=O)Nc2ccc(F)c(Cl)c2)C[C@H](c2cnc(-c3ccccc3)s2)NS1(=O)=O. The van der Waals surface area contributed by atoms with Crippen molar-refractivity contribution in [2.75, 3.05) is 12.4 Å². The summed E-state index contributed by atoms with van der Waals surface area (Å²) in [7, 11) is -2.56. The van der Waals surface area contributed by atoms with Crippen molar-refractivity contribution < 1.29 is 17.6 Å². The number of carbonyl (C=O) groups is 1. The van der Waals surface area contributed by atoms with E-state index in [0.717, 1.165) is 20.9 Å². The smallest absolute Gasteiger partial charge is 0.280 e. The van der Waals surface area contributed by atoms with Gasteiger partial charge in [0.2, 0.25) is 5.91 Å². The molecule has 0 radical (unpaired) electrons. The second-order valence-electron chi connectivity index (χ2n) is 7.00. The van der Waals surface area contributed by atoms with Crippen LogP contribution in [0.15, 0.2) is 54.7 Å². The highest BCUT2D eigenvalue weighted by Crippen LogP contribution is 2.34. The van der Waals surface area contributed by atoms with Crippen LogP contribution in [0.5, 0.6) is 0 Å². The first-order chi connectivity index (χ1) is 14.7. The molecule has 4 rings (SSSR count). The van der Waals surface area contributed by atoms with E-state index in [2.05, 4.69) is 15.0 Å². The molecule has 11 heteroatoms. The highest BCUT2D eigenvalue weighted by atomic mass is 35.5. The van der Waals surface area contributed by atoms with Crippen molar-refractivity contribution in [3.63, 3.8) is 0 Å². The Labute approximate surface area is 188 Å². The molecule has 2 N–H and O–H groups in total. The van der Waals surface area contributed by atoms with Gasteiger partial charge in [-0.15, -0.1) is 11.3 Å². The van der Waals surface area contributed by atoms with E-state index >= 15 is 0 Å². The van der Waals surface area contributed by atoms with Crippen molar-refractivity contribution in [1.29, 1.82) is 0 Å². The first-order valence-electron chi connectivity index (χ1n) is 9.27. The Balaban J connectivity index is 1.57. The third-order valence-corrected chi connectivity index (χ3v) is 7.99. The Morgan fingerprint density at radius 2 is 2.03 bits per heavy atom. The summed E-state index contributed by atoms with van der Waals surface area (Å²) in [5.74, 6) is -1.14. The third-order valence-electron chi connectivity index (χ3n) is 4.95. The molecule has 1 amide bonds. The van der Waals surface area contributed by atoms with Gasteiger partial charge in [0.05, 0.1) is 11.1 Å². The van der Waals surface area contributed by atoms with Crippen molar-refractivity contribution in [1.82, 2.24) is 14.0 Å². The van der Waals surface area contributed by atoms with Gasteiger partial charge in [0, 0.05) is 29.4 Å². The lowest BCUT2D eigenvalue weighted by molar-refractivity contribution is -0.120. The third kappa shape index (κ3) is 4.63. The van der Waals surface area contributed by atoms with Gasteiger partial charge >= 0.3 is 0 Å². The second kappa shape index (κ2) is 8.64. The molecular weight excluding hydrogens is 463 g/mol. The predicted molar refractivity (Wildman–Crippen MR) is 119 cm³/mol. The van der Waals surface area contributed by atoms with E-state index in [4.69, 9.17) is 11.6 Å². The minimum Gasteiger partial charge on any atom is -0.325 e. The lowest BCUT2D eigenvalue weighted by atomic mass is 10.1. The van der Waals surface area contributed by atoms with E-state index in [-0.39, 0.29) is 17.1 Å². The Kier molecular flexibility index (Phi) is 6.09. The molecular formula is C20H18ClFN4O3S2. The van der Waals surface area contributed by atoms with Gasteiger partial charge in [-0.05, 0) is 24.6 Å². The van der Waals surface area contributed by atoms with Gasteiger partial charge in [0.15, 0.2) is 0 Å². The van der Waals surface area contributed by atoms with E-state index < -0.39 is 34.0 Å². The van der Waals surface area contributed by atoms with E-state index in [1.165, 1.54) is 30.5 Å². The highest BCUT2D eigenvalue weighted by Gasteiger charge is 2.41. The summed E-state index contributed by atoms with van der Waals surface area (Å²) in [5.41, 5.74) is 1.21. The monoisotopic (exact) mass is 480 g/mol. The van der Waals surface area contributed by atoms with Crippen LogP contribution in [0.1, 0.15) is 17.3 Å². The van der Waals surface area contributed by atoms with Crippen LogP contribution in [0.2, 0.25) is 5.02 Å². The Morgan fingerprint density at radius 1 is 1.29 bits per heavy atom. The molecule has 31 heavy (non-hydrogen) atoms. The van der Waals surface area contributed by atoms with Crippen molar-refractivity contribution >= 4 is 44.7 Å². The van der Waals surface area contributed by atoms with Gasteiger partial charge < -0.3 is 5.32 Å². The minimum atomic E-state index is -3.90. The van der Waals surface area contributed by atoms with Crippen molar-refractivity contribution in [3.8, 4) is 10.6 Å². The first-order valence-corrected chi connectivity index (χ1v) is 11.9. The van der Waals surface area contributed by atoms with E-state index in [1.54, 1.807) is 6.20 Å². The molecule has 7 nitrogen and oxygen atoms in total. The number of nitrogens with zero attached hydrogens (tertiary/aromatic N) is 2. The van der Waals surface area contributed by atoms with Gasteiger partial charge in [-0.3, -0.25) is 4.79 Å². The molecule has 1 aliphatic heterocycles. The number of aromatic nitrogens is 1. The number of carbonyl (C=O) groups excluding carboxylic acids is 1. The standard InChI is InChI=1S/C20H18ClFN4O3S2/c1-26-17(19(27)24-13-7-8-15(22)14(21)9-13)10-16(25-31(26,28)29)18-11-23-20(30-18)12-5-3-2-4-6-12/h2-9,11,16-17,25H,10H2,1H3,(H,24,27)/t16-,17+/m1/s1. The summed E-state index contributed by atoms with van der Waals surface area (Å²) in [6.45, 7) is 0. The fourth-order valence-corrected chi connectivity index (χ4v) is 5.76. The maximum atomic E-state index is 13.4. The molecule has 0 spiro atoms. The number of nitrogens with one attached hydrogen (secondary N) is 2. The fourth-order valence-electron chi connectivity index (χ4n) is 3.26. The Bertz CT molecular complexity index is 1220. The average Bonchev–Trinajstić information content (AvgIpc) is 3.23. The normalized spacial score (nSPS) is 21.0. The molecule has 0 bridgehead atoms. The summed E-state index contributed by atoms with van der Waals surface area (Å²) in [6, 6.07) is 11.7. The minimum absolute atomic E-state index is 0.139. The largest absolute Gasteiger partial charge is 0.325 e. The first kappa shape index (κ1) is 21.8. The van der Waals surface area contributed by atoms with E-state index in [9.17, 15) is 17.6 Å². The molecule has 3 aromatic rings. The van der Waals surface area contributed by atoms with Crippen molar-refractivity contribution in [3.05, 3.63) is 70.4 Å². The summed E-state index contributed by atoms with van der Waals surface area (Å²) in [5, 5.41) is 3.24. The second-order valence-corrected chi connectivity index (χ2v) is 10.2. The Hall–Kier alpha value is -2.37. The number of likely N-dealkylation sites (N-methyl/N-ethyl adjacent to an activating group) is 1. The number of hydrogen-bond acceptors (Lipinski definition) is 5. The number of hydrogen-bond donors (Lipinski definition) is 2. The zero-order valence-corrected chi connectivity index (χ0v) is 18.6. The van der Waals surface area contributed by atoms with E-state index in [1.807, 2.05) is 30.3 Å². The van der Waals surface area contributed by atoms with Crippen LogP contribution >= 0.6 is 22.9 Å². The Morgan fingerprint density at radius 3 is 2.74 bits per heavy atom. The lowest BCUT2D eigenvalue weighted by Gasteiger charge is -2.35. The molecule has 0 unspecified atom stereocenters. The van der Waals surface area contributed by atoms with Crippen LogP contribution < -0.4 is 10.0 Å². The van der Waals surface area contributed by atoms with Crippen LogP contribution in [0.25, 0.3) is 10.6 Å². The fraction of sp³-hybridized carbons (Fsp3) is 0.200. The van der Waals surface area contributed by atoms with Gasteiger partial charge in [-0.25, -0.2) is 9.37 Å². The van der Waals surface area contributed by atoms with Crippen molar-refractivity contribution in [2.24, 2.45) is 0 Å². The summed E-state index contributed by atoms with van der Waals surface area (Å²) < 4.78 is 42.3. The quantitative estimate of drug-likeness (QED) is 0.593. The van der Waals surface area contributed by atoms with Gasteiger partial charge in [-0.2, -0.15) is 17.4 Å². The average molecular weight is 481 g/mol. The topological polar surface area (TPSA) is 91.4 Å². The molecule has 2 heterocycles. The van der Waals surface area contributed by atoms with E-state index in [0.29, 0.717) is 4.88 Å². The molecule has 1 fully saturated rings. The molecule has 1 aromatic heterocycles. The zero-order chi connectivity index (χ0) is 22.2. The molecule has 2 atom stereocenters. The van der Waals surface area contributed by atoms with Crippen molar-refractivity contribution in [2.45, 2.75) is 18.5 Å². The molecule has 162 valence electrons.